The normalized spacial score (nSPS) is 22.7. The molecule has 2 aliphatic rings. The third-order valence-corrected chi connectivity index (χ3v) is 7.36. The minimum absolute atomic E-state index is 0.0696. The number of hydrogen-bond donors (Lipinski definition) is 1. The molecule has 0 saturated heterocycles. The van der Waals surface area contributed by atoms with Crippen LogP contribution in [-0.2, 0) is 4.79 Å². The molecule has 4 rings (SSSR count). The number of fused-ring (bicyclic) bond motifs is 1. The Bertz CT molecular complexity index is 1020. The van der Waals surface area contributed by atoms with Crippen molar-refractivity contribution in [3.8, 4) is 0 Å². The van der Waals surface area contributed by atoms with E-state index in [0.29, 0.717) is 21.4 Å². The summed E-state index contributed by atoms with van der Waals surface area (Å²) < 4.78 is 0. The predicted molar refractivity (Wildman–Crippen MR) is 124 cm³/mol. The van der Waals surface area contributed by atoms with Crippen LogP contribution in [-0.4, -0.2) is 24.9 Å². The fraction of sp³-hybridized carbons (Fsp3) is 0.333. The van der Waals surface area contributed by atoms with Gasteiger partial charge in [-0.15, -0.1) is 0 Å². The molecule has 0 radical (unpaired) electrons. The molecule has 0 aromatic heterocycles. The van der Waals surface area contributed by atoms with Crippen LogP contribution in [0.1, 0.15) is 48.5 Å². The number of nitrogens with one attached hydrogen (secondary N) is 1. The Morgan fingerprint density at radius 2 is 1.97 bits per heavy atom. The third kappa shape index (κ3) is 4.28. The minimum Gasteiger partial charge on any atom is -0.349 e. The third-order valence-electron chi connectivity index (χ3n) is 5.94. The van der Waals surface area contributed by atoms with Crippen molar-refractivity contribution in [2.24, 2.45) is 5.92 Å². The van der Waals surface area contributed by atoms with Crippen LogP contribution >= 0.6 is 23.4 Å². The minimum atomic E-state index is -0.106. The summed E-state index contributed by atoms with van der Waals surface area (Å²) in [5, 5.41) is 3.80. The van der Waals surface area contributed by atoms with Crippen LogP contribution in [0, 0.1) is 5.92 Å². The number of carbonyl (C=O) groups excluding carboxylic acids is 2. The summed E-state index contributed by atoms with van der Waals surface area (Å²) in [6, 6.07) is 13.2. The van der Waals surface area contributed by atoms with Crippen LogP contribution in [0.5, 0.6) is 0 Å². The number of halogens is 1. The second-order valence-corrected chi connectivity index (χ2v) is 9.51. The lowest BCUT2D eigenvalue weighted by atomic mass is 9.86. The van der Waals surface area contributed by atoms with Crippen LogP contribution in [0.25, 0.3) is 6.08 Å². The summed E-state index contributed by atoms with van der Waals surface area (Å²) in [6.45, 7) is 2.20. The van der Waals surface area contributed by atoms with Gasteiger partial charge in [0.05, 0.1) is 10.6 Å². The van der Waals surface area contributed by atoms with E-state index in [9.17, 15) is 9.59 Å². The van der Waals surface area contributed by atoms with E-state index in [0.717, 1.165) is 35.4 Å². The monoisotopic (exact) mass is 440 g/mol. The zero-order valence-corrected chi connectivity index (χ0v) is 18.7. The summed E-state index contributed by atoms with van der Waals surface area (Å²) in [5.74, 6) is 0.323. The number of nitrogens with zero attached hydrogens (tertiary/aromatic N) is 1. The van der Waals surface area contributed by atoms with Crippen molar-refractivity contribution in [1.82, 2.24) is 5.32 Å². The number of thioether (sulfide) groups is 1. The molecular formula is C24H25ClN2O2S. The maximum absolute atomic E-state index is 12.9. The molecule has 2 aromatic rings. The van der Waals surface area contributed by atoms with Gasteiger partial charge in [-0.1, -0.05) is 61.3 Å². The maximum atomic E-state index is 12.9. The molecule has 1 N–H and O–H groups in total. The van der Waals surface area contributed by atoms with Crippen molar-refractivity contribution >= 4 is 46.9 Å². The molecule has 4 nitrogen and oxygen atoms in total. The molecule has 0 bridgehead atoms. The first-order chi connectivity index (χ1) is 14.4. The Labute approximate surface area is 186 Å². The number of rotatable bonds is 3. The molecule has 0 spiro atoms. The second kappa shape index (κ2) is 8.86. The van der Waals surface area contributed by atoms with Crippen molar-refractivity contribution < 1.29 is 9.59 Å². The fourth-order valence-electron chi connectivity index (χ4n) is 4.05. The molecule has 2 amide bonds. The first-order valence-corrected chi connectivity index (χ1v) is 11.5. The zero-order valence-electron chi connectivity index (χ0n) is 17.2. The number of hydrogen-bond acceptors (Lipinski definition) is 3. The van der Waals surface area contributed by atoms with E-state index in [1.165, 1.54) is 18.2 Å². The van der Waals surface area contributed by atoms with E-state index in [1.54, 1.807) is 11.9 Å². The largest absolute Gasteiger partial charge is 0.349 e. The number of benzene rings is 2. The van der Waals surface area contributed by atoms with Crippen LogP contribution < -0.4 is 10.2 Å². The van der Waals surface area contributed by atoms with Gasteiger partial charge in [-0.25, -0.2) is 0 Å². The average molecular weight is 441 g/mol. The molecule has 1 aliphatic heterocycles. The molecule has 6 heteroatoms. The first kappa shape index (κ1) is 21.0. The lowest BCUT2D eigenvalue weighted by Crippen LogP contribution is -2.41. The van der Waals surface area contributed by atoms with Gasteiger partial charge in [0.25, 0.3) is 11.8 Å². The Morgan fingerprint density at radius 1 is 1.20 bits per heavy atom. The van der Waals surface area contributed by atoms with Crippen LogP contribution in [0.3, 0.4) is 0 Å². The summed E-state index contributed by atoms with van der Waals surface area (Å²) in [4.78, 5) is 28.9. The fourth-order valence-corrected chi connectivity index (χ4v) is 5.32. The van der Waals surface area contributed by atoms with E-state index >= 15 is 0 Å². The summed E-state index contributed by atoms with van der Waals surface area (Å²) in [6.07, 6.45) is 6.40. The molecule has 1 heterocycles. The molecule has 2 atom stereocenters. The molecule has 156 valence electrons. The van der Waals surface area contributed by atoms with Crippen molar-refractivity contribution in [1.29, 1.82) is 0 Å². The standard InChI is InChI=1S/C24H25ClN2O2S/c1-15-7-3-6-10-19(15)26-23(28)17-11-12-21-20(13-17)27(2)24(29)22(30-21)14-16-8-4-5-9-18(16)25/h4-5,8-9,11-15,19H,3,6-7,10H2,1-2H3,(H,26,28)/b22-14-/t15-,19-/m1/s1. The average Bonchev–Trinajstić information content (AvgIpc) is 2.74. The zero-order chi connectivity index (χ0) is 21.3. The highest BCUT2D eigenvalue weighted by Gasteiger charge is 2.28. The van der Waals surface area contributed by atoms with Gasteiger partial charge in [-0.05, 0) is 54.7 Å². The molecular weight excluding hydrogens is 416 g/mol. The Hall–Kier alpha value is -2.24. The van der Waals surface area contributed by atoms with E-state index in [1.807, 2.05) is 48.5 Å². The van der Waals surface area contributed by atoms with Crippen molar-refractivity contribution in [2.75, 3.05) is 11.9 Å². The quantitative estimate of drug-likeness (QED) is 0.617. The molecule has 30 heavy (non-hydrogen) atoms. The highest BCUT2D eigenvalue weighted by molar-refractivity contribution is 8.04. The predicted octanol–water partition coefficient (Wildman–Crippen LogP) is 5.76. The lowest BCUT2D eigenvalue weighted by Gasteiger charge is -2.30. The van der Waals surface area contributed by atoms with Gasteiger partial charge in [0.15, 0.2) is 0 Å². The van der Waals surface area contributed by atoms with Gasteiger partial charge in [0, 0.05) is 28.6 Å². The summed E-state index contributed by atoms with van der Waals surface area (Å²) >= 11 is 7.66. The Morgan fingerprint density at radius 3 is 2.73 bits per heavy atom. The van der Waals surface area contributed by atoms with Crippen molar-refractivity contribution in [3.05, 3.63) is 63.5 Å². The molecule has 1 aliphatic carbocycles. The van der Waals surface area contributed by atoms with Gasteiger partial charge in [-0.2, -0.15) is 0 Å². The number of likely N-dealkylation sites (N-methyl/N-ethyl adjacent to an activating group) is 1. The van der Waals surface area contributed by atoms with Gasteiger partial charge in [-0.3, -0.25) is 9.59 Å². The molecule has 0 unspecified atom stereocenters. The maximum Gasteiger partial charge on any atom is 0.264 e. The first-order valence-electron chi connectivity index (χ1n) is 10.3. The van der Waals surface area contributed by atoms with Gasteiger partial charge in [0.2, 0.25) is 0 Å². The van der Waals surface area contributed by atoms with Crippen LogP contribution in [0.15, 0.2) is 52.3 Å². The Kier molecular flexibility index (Phi) is 6.21. The second-order valence-electron chi connectivity index (χ2n) is 8.02. The van der Waals surface area contributed by atoms with Gasteiger partial charge >= 0.3 is 0 Å². The van der Waals surface area contributed by atoms with Gasteiger partial charge in [0.1, 0.15) is 0 Å². The molecule has 1 saturated carbocycles. The van der Waals surface area contributed by atoms with Gasteiger partial charge < -0.3 is 10.2 Å². The number of carbonyl (C=O) groups is 2. The van der Waals surface area contributed by atoms with E-state index in [-0.39, 0.29) is 17.9 Å². The van der Waals surface area contributed by atoms with Crippen LogP contribution in [0.4, 0.5) is 5.69 Å². The lowest BCUT2D eigenvalue weighted by molar-refractivity contribution is -0.114. The van der Waals surface area contributed by atoms with Crippen LogP contribution in [0.2, 0.25) is 5.02 Å². The van der Waals surface area contributed by atoms with Crippen molar-refractivity contribution in [2.45, 2.75) is 43.5 Å². The Balaban J connectivity index is 1.57. The SMILES string of the molecule is C[C@@H]1CCCC[C@H]1NC(=O)c1ccc2c(c1)N(C)C(=O)/C(=C/c1ccccc1Cl)S2. The highest BCUT2D eigenvalue weighted by atomic mass is 35.5. The summed E-state index contributed by atoms with van der Waals surface area (Å²) in [5.41, 5.74) is 2.15. The highest BCUT2D eigenvalue weighted by Crippen LogP contribution is 2.42. The molecule has 1 fully saturated rings. The summed E-state index contributed by atoms with van der Waals surface area (Å²) in [7, 11) is 1.74. The smallest absolute Gasteiger partial charge is 0.264 e. The number of anilines is 1. The van der Waals surface area contributed by atoms with Crippen molar-refractivity contribution in [3.63, 3.8) is 0 Å². The van der Waals surface area contributed by atoms with E-state index < -0.39 is 0 Å². The number of amides is 2. The topological polar surface area (TPSA) is 49.4 Å². The van der Waals surface area contributed by atoms with E-state index in [2.05, 4.69) is 12.2 Å². The van der Waals surface area contributed by atoms with E-state index in [4.69, 9.17) is 11.6 Å². The molecule has 2 aromatic carbocycles.